The lowest BCUT2D eigenvalue weighted by atomic mass is 9.33. The Bertz CT molecular complexity index is 2550. The van der Waals surface area contributed by atoms with Crippen LogP contribution in [0, 0.1) is 50.2 Å². The van der Waals surface area contributed by atoms with Crippen LogP contribution in [-0.4, -0.2) is 252 Å². The number of carboxylic acid groups (broad SMARTS) is 1. The Labute approximate surface area is 498 Å². The zero-order valence-electron chi connectivity index (χ0n) is 50.0. The number of esters is 2. The van der Waals surface area contributed by atoms with E-state index in [2.05, 4.69) is 26.8 Å². The topological polar surface area (TPSA) is 424 Å². The van der Waals surface area contributed by atoms with E-state index in [1.807, 2.05) is 13.8 Å². The average molecular weight is 1230 g/mol. The number of aliphatic carboxylic acids is 1. The van der Waals surface area contributed by atoms with Crippen LogP contribution in [0.5, 0.6) is 0 Å². The number of fused-ring (bicyclic) bond motifs is 7. The van der Waals surface area contributed by atoms with Crippen molar-refractivity contribution >= 4 is 24.2 Å². The van der Waals surface area contributed by atoms with Gasteiger partial charge in [0.15, 0.2) is 31.3 Å². The van der Waals surface area contributed by atoms with E-state index in [1.54, 1.807) is 26.8 Å². The zero-order valence-corrected chi connectivity index (χ0v) is 50.0. The quantitative estimate of drug-likeness (QED) is 0.0277. The van der Waals surface area contributed by atoms with E-state index in [1.165, 1.54) is 6.92 Å². The summed E-state index contributed by atoms with van der Waals surface area (Å²) in [7, 11) is 0. The molecule has 4 saturated heterocycles. The average Bonchev–Trinajstić information content (AvgIpc) is 0.674. The Morgan fingerprint density at radius 3 is 1.93 bits per heavy atom. The largest absolute Gasteiger partial charge is 0.479 e. The van der Waals surface area contributed by atoms with Crippen molar-refractivity contribution in [2.45, 2.75) is 242 Å². The van der Waals surface area contributed by atoms with Gasteiger partial charge in [-0.3, -0.25) is 4.79 Å². The molecule has 0 spiro atoms. The van der Waals surface area contributed by atoms with Crippen molar-refractivity contribution in [3.63, 3.8) is 0 Å². The molecule has 0 aromatic heterocycles. The van der Waals surface area contributed by atoms with Crippen LogP contribution in [0.2, 0.25) is 0 Å². The summed E-state index contributed by atoms with van der Waals surface area (Å²) < 4.78 is 59.4. The third-order valence-corrected chi connectivity index (χ3v) is 22.2. The highest BCUT2D eigenvalue weighted by atomic mass is 16.8. The van der Waals surface area contributed by atoms with Gasteiger partial charge in [-0.25, -0.2) is 9.59 Å². The maximum Gasteiger partial charge on any atom is 0.335 e. The number of carbonyl (C=O) groups excluding carboxylic acids is 3. The number of rotatable bonds is 15. The molecule has 0 radical (unpaired) electrons. The van der Waals surface area contributed by atoms with Crippen LogP contribution in [0.3, 0.4) is 0 Å². The lowest BCUT2D eigenvalue weighted by Crippen LogP contribution is -2.72. The van der Waals surface area contributed by atoms with Crippen LogP contribution in [0.15, 0.2) is 23.3 Å². The molecule has 4 saturated carbocycles. The fourth-order valence-electron chi connectivity index (χ4n) is 16.9. The summed E-state index contributed by atoms with van der Waals surface area (Å²) in [6.45, 7) is 14.1. The van der Waals surface area contributed by atoms with E-state index < -0.39 is 217 Å². The molecule has 4 heterocycles. The molecule has 86 heavy (non-hydrogen) atoms. The van der Waals surface area contributed by atoms with Gasteiger partial charge in [0.25, 0.3) is 0 Å². The van der Waals surface area contributed by atoms with Crippen molar-refractivity contribution in [2.75, 3.05) is 26.4 Å². The predicted octanol–water partition coefficient (Wildman–Crippen LogP) is -2.01. The van der Waals surface area contributed by atoms with Crippen molar-refractivity contribution in [1.29, 1.82) is 0 Å². The summed E-state index contributed by atoms with van der Waals surface area (Å²) in [5.41, 5.74) is -4.34. The summed E-state index contributed by atoms with van der Waals surface area (Å²) in [6, 6.07) is 0. The van der Waals surface area contributed by atoms with Crippen LogP contribution in [0.1, 0.15) is 107 Å². The van der Waals surface area contributed by atoms with E-state index in [-0.39, 0.29) is 25.4 Å². The van der Waals surface area contributed by atoms with Gasteiger partial charge in [-0.15, -0.1) is 0 Å². The van der Waals surface area contributed by atoms with Crippen molar-refractivity contribution in [3.8, 4) is 0 Å². The maximum absolute atomic E-state index is 14.1. The number of aldehydes is 1. The van der Waals surface area contributed by atoms with Crippen LogP contribution in [-0.2, 0) is 66.5 Å². The molecule has 30 atom stereocenters. The first-order valence-corrected chi connectivity index (χ1v) is 29.8. The molecule has 30 unspecified atom stereocenters. The van der Waals surface area contributed by atoms with Gasteiger partial charge < -0.3 is 119 Å². The van der Waals surface area contributed by atoms with Gasteiger partial charge in [0.05, 0.1) is 42.9 Å². The molecular weight excluding hydrogens is 1140 g/mol. The summed E-state index contributed by atoms with van der Waals surface area (Å²) in [4.78, 5) is 53.4. The molecule has 8 fully saturated rings. The van der Waals surface area contributed by atoms with Gasteiger partial charge in [0.1, 0.15) is 104 Å². The molecule has 0 amide bonds. The molecule has 13 N–H and O–H groups in total. The number of hydrogen-bond donors (Lipinski definition) is 13. The maximum atomic E-state index is 14.1. The molecule has 488 valence electrons. The number of carbonyl (C=O) groups is 4. The highest BCUT2D eigenvalue weighted by molar-refractivity contribution is 5.87. The number of aliphatic hydroxyl groups excluding tert-OH is 12. The Morgan fingerprint density at radius 2 is 1.30 bits per heavy atom. The van der Waals surface area contributed by atoms with Crippen LogP contribution in [0.25, 0.3) is 0 Å². The molecule has 27 nitrogen and oxygen atoms in total. The van der Waals surface area contributed by atoms with Gasteiger partial charge in [-0.1, -0.05) is 59.3 Å². The summed E-state index contributed by atoms with van der Waals surface area (Å²) in [5.74, 6) is -4.14. The van der Waals surface area contributed by atoms with Gasteiger partial charge in [-0.05, 0) is 92.8 Å². The fourth-order valence-corrected chi connectivity index (χ4v) is 16.9. The molecule has 9 rings (SSSR count). The molecule has 0 bridgehead atoms. The third kappa shape index (κ3) is 11.0. The van der Waals surface area contributed by atoms with Crippen LogP contribution < -0.4 is 0 Å². The number of allylic oxidation sites excluding steroid dienone is 3. The first-order chi connectivity index (χ1) is 40.2. The summed E-state index contributed by atoms with van der Waals surface area (Å²) in [5, 5.41) is 144. The highest BCUT2D eigenvalue weighted by Crippen LogP contribution is 2.76. The standard InChI is InChI=1S/C59H90O27/c1-10-24(2)49(76)86-47-46(73)59(23-79-25(3)62)27(17-54(47,4)5)26-11-12-32-55(6)15-14-34(56(7,22-61)31(55)13-16-57(32,8)58(26,9)18-33(59)65)81-53-44(84-51-40(71)38(69)37(68)30(19-60)80-51)41(72)42(45(85-53)48(74)75)82-52-43(36(67)29(64)21-78-52)83-50-39(70)35(66)28(63)20-77-50/h10-11,22,27-47,50-53,60,63-73H,12-21,23H2,1-9H3,(H,74,75). The van der Waals surface area contributed by atoms with E-state index in [9.17, 15) is 85.6 Å². The van der Waals surface area contributed by atoms with Gasteiger partial charge in [-0.2, -0.15) is 0 Å². The summed E-state index contributed by atoms with van der Waals surface area (Å²) in [6.07, 6.45) is -32.3. The molecule has 9 aliphatic rings. The molecule has 4 aliphatic heterocycles. The SMILES string of the molecule is CC=C(C)C(=O)OC1C(O)C2(COC(C)=O)C(O)CC3(C)C(=CCC4C5(C)CCC(OC6OC(C(=O)O)C(OC7OCC(O)C(O)C7OC7OCC(O)C(O)C7O)C(O)C6OC6OC(CO)C(O)C(O)C6O)C(C)(C=O)C5CCC43C)C2CC1(C)C. The lowest BCUT2D eigenvalue weighted by molar-refractivity contribution is -0.393. The number of aliphatic hydroxyl groups is 12. The molecule has 0 aromatic carbocycles. The Balaban J connectivity index is 1.02. The number of carboxylic acids is 1. The van der Waals surface area contributed by atoms with Gasteiger partial charge >= 0.3 is 17.9 Å². The molecular formula is C59H90O27. The minimum absolute atomic E-state index is 0.127. The van der Waals surface area contributed by atoms with Crippen molar-refractivity contribution in [1.82, 2.24) is 0 Å². The van der Waals surface area contributed by atoms with Crippen molar-refractivity contribution in [3.05, 3.63) is 23.3 Å². The van der Waals surface area contributed by atoms with E-state index in [0.29, 0.717) is 37.7 Å². The van der Waals surface area contributed by atoms with Crippen molar-refractivity contribution in [2.24, 2.45) is 50.2 Å². The van der Waals surface area contributed by atoms with E-state index in [0.717, 1.165) is 11.9 Å². The first kappa shape index (κ1) is 67.2. The molecule has 0 aromatic rings. The van der Waals surface area contributed by atoms with E-state index >= 15 is 0 Å². The zero-order chi connectivity index (χ0) is 63.3. The second kappa shape index (κ2) is 24.8. The molecule has 27 heteroatoms. The summed E-state index contributed by atoms with van der Waals surface area (Å²) >= 11 is 0. The number of ether oxygens (including phenoxy) is 10. The van der Waals surface area contributed by atoms with Crippen LogP contribution in [0.4, 0.5) is 0 Å². The van der Waals surface area contributed by atoms with Crippen molar-refractivity contribution < 1.29 is 133 Å². The van der Waals surface area contributed by atoms with Gasteiger partial charge in [0.2, 0.25) is 0 Å². The number of hydrogen-bond acceptors (Lipinski definition) is 26. The second-order valence-electron chi connectivity index (χ2n) is 27.3. The van der Waals surface area contributed by atoms with Gasteiger partial charge in [0, 0.05) is 17.9 Å². The smallest absolute Gasteiger partial charge is 0.335 e. The van der Waals surface area contributed by atoms with Crippen LogP contribution >= 0.6 is 0 Å². The minimum Gasteiger partial charge on any atom is -0.479 e. The first-order valence-electron chi connectivity index (χ1n) is 29.8. The fraction of sp³-hybridized carbons (Fsp3) is 0.864. The van der Waals surface area contributed by atoms with E-state index in [4.69, 9.17) is 47.4 Å². The monoisotopic (exact) mass is 1230 g/mol. The Hall–Kier alpha value is -3.24. The molecule has 5 aliphatic carbocycles. The second-order valence-corrected chi connectivity index (χ2v) is 27.3. The Kier molecular flexibility index (Phi) is 19.3. The lowest BCUT2D eigenvalue weighted by Gasteiger charge is -2.72. The minimum atomic E-state index is -2.24. The normalized spacial score (nSPS) is 51.1. The highest BCUT2D eigenvalue weighted by Gasteiger charge is 2.74. The third-order valence-electron chi connectivity index (χ3n) is 22.2. The Morgan fingerprint density at radius 1 is 0.686 bits per heavy atom. The predicted molar refractivity (Wildman–Crippen MR) is 289 cm³/mol.